The van der Waals surface area contributed by atoms with E-state index >= 15 is 0 Å². The van der Waals surface area contributed by atoms with Crippen LogP contribution in [0.25, 0.3) is 21.9 Å². The number of aromatic nitrogens is 4. The van der Waals surface area contributed by atoms with E-state index in [0.29, 0.717) is 5.39 Å². The summed E-state index contributed by atoms with van der Waals surface area (Å²) < 4.78 is 32.2. The highest BCUT2D eigenvalue weighted by atomic mass is 32.2. The second kappa shape index (κ2) is 8.37. The van der Waals surface area contributed by atoms with Gasteiger partial charge in [-0.2, -0.15) is 4.98 Å². The average molecular weight is 490 g/mol. The Morgan fingerprint density at radius 1 is 1.06 bits per heavy atom. The SMILES string of the molecule is COC(=O)c1ccc(S(=O)(=O)c2cc3cnc(Nc4ccc5[nH]ccc5c4)nc3n(C)c2=O)cc1. The van der Waals surface area contributed by atoms with E-state index in [0.717, 1.165) is 16.6 Å². The number of nitrogens with zero attached hydrogens (tertiary/aromatic N) is 3. The number of aromatic amines is 1. The maximum atomic E-state index is 13.2. The summed E-state index contributed by atoms with van der Waals surface area (Å²) in [6, 6.07) is 14.1. The Kier molecular flexibility index (Phi) is 5.33. The summed E-state index contributed by atoms with van der Waals surface area (Å²) in [7, 11) is -1.48. The number of rotatable bonds is 5. The number of ether oxygens (including phenoxy) is 1. The smallest absolute Gasteiger partial charge is 0.337 e. The lowest BCUT2D eigenvalue weighted by molar-refractivity contribution is 0.0600. The predicted octanol–water partition coefficient (Wildman–Crippen LogP) is 3.17. The standard InChI is InChI=1S/C24H19N5O5S/c1-29-21-16(13-26-24(28-21)27-17-5-8-19-15(11-17)9-10-25-19)12-20(22(29)30)35(32,33)18-6-3-14(4-7-18)23(31)34-2/h3-13,25H,1-2H3,(H,26,27,28). The minimum absolute atomic E-state index is 0.124. The van der Waals surface area contributed by atoms with Crippen molar-refractivity contribution >= 4 is 49.4 Å². The van der Waals surface area contributed by atoms with Crippen LogP contribution in [0.4, 0.5) is 11.6 Å². The number of nitrogens with one attached hydrogen (secondary N) is 2. The summed E-state index contributed by atoms with van der Waals surface area (Å²) in [5.41, 5.74) is 1.49. The van der Waals surface area contributed by atoms with Gasteiger partial charge in [0.05, 0.1) is 17.6 Å². The van der Waals surface area contributed by atoms with Gasteiger partial charge in [-0.15, -0.1) is 0 Å². The first-order valence-corrected chi connectivity index (χ1v) is 11.9. The summed E-state index contributed by atoms with van der Waals surface area (Å²) in [6.45, 7) is 0. The quantitative estimate of drug-likeness (QED) is 0.359. The van der Waals surface area contributed by atoms with Gasteiger partial charge in [-0.1, -0.05) is 0 Å². The number of benzene rings is 2. The highest BCUT2D eigenvalue weighted by Crippen LogP contribution is 2.24. The molecule has 2 N–H and O–H groups in total. The molecule has 0 atom stereocenters. The maximum absolute atomic E-state index is 13.2. The average Bonchev–Trinajstić information content (AvgIpc) is 3.34. The number of hydrogen-bond donors (Lipinski definition) is 2. The van der Waals surface area contributed by atoms with Gasteiger partial charge in [-0.3, -0.25) is 9.36 Å². The number of aryl methyl sites for hydroxylation is 1. The van der Waals surface area contributed by atoms with Crippen LogP contribution >= 0.6 is 0 Å². The first-order valence-electron chi connectivity index (χ1n) is 10.4. The molecular weight excluding hydrogens is 470 g/mol. The van der Waals surface area contributed by atoms with Gasteiger partial charge < -0.3 is 15.0 Å². The molecule has 0 spiro atoms. The van der Waals surface area contributed by atoms with E-state index in [1.165, 1.54) is 55.3 Å². The molecule has 2 aromatic carbocycles. The Hall–Kier alpha value is -4.51. The van der Waals surface area contributed by atoms with Crippen LogP contribution in [0.1, 0.15) is 10.4 Å². The third-order valence-corrected chi connectivity index (χ3v) is 7.36. The number of carbonyl (C=O) groups excluding carboxylic acids is 1. The van der Waals surface area contributed by atoms with E-state index in [2.05, 4.69) is 25.0 Å². The lowest BCUT2D eigenvalue weighted by atomic mass is 10.2. The lowest BCUT2D eigenvalue weighted by Crippen LogP contribution is -2.25. The van der Waals surface area contributed by atoms with E-state index in [1.807, 2.05) is 30.5 Å². The van der Waals surface area contributed by atoms with Gasteiger partial charge in [0.1, 0.15) is 10.5 Å². The van der Waals surface area contributed by atoms with Crippen molar-refractivity contribution in [1.29, 1.82) is 0 Å². The van der Waals surface area contributed by atoms with Crippen LogP contribution in [-0.4, -0.2) is 41.0 Å². The topological polar surface area (TPSA) is 136 Å². The molecule has 3 heterocycles. The van der Waals surface area contributed by atoms with Gasteiger partial charge in [-0.25, -0.2) is 18.2 Å². The first kappa shape index (κ1) is 22.3. The van der Waals surface area contributed by atoms with E-state index in [4.69, 9.17) is 0 Å². The van der Waals surface area contributed by atoms with Gasteiger partial charge >= 0.3 is 5.97 Å². The number of pyridine rings is 1. The Balaban J connectivity index is 1.52. The van der Waals surface area contributed by atoms with Crippen LogP contribution in [0, 0.1) is 0 Å². The Morgan fingerprint density at radius 3 is 2.57 bits per heavy atom. The number of carbonyl (C=O) groups is 1. The minimum atomic E-state index is -4.17. The molecule has 0 amide bonds. The van der Waals surface area contributed by atoms with Crippen molar-refractivity contribution in [3.8, 4) is 0 Å². The molecule has 3 aromatic heterocycles. The molecule has 0 aliphatic heterocycles. The molecule has 0 saturated carbocycles. The van der Waals surface area contributed by atoms with Crippen molar-refractivity contribution in [2.75, 3.05) is 12.4 Å². The third kappa shape index (κ3) is 3.91. The van der Waals surface area contributed by atoms with Gasteiger partial charge in [0.2, 0.25) is 15.8 Å². The summed E-state index contributed by atoms with van der Waals surface area (Å²) in [6.07, 6.45) is 3.30. The van der Waals surface area contributed by atoms with E-state index < -0.39 is 26.3 Å². The highest BCUT2D eigenvalue weighted by molar-refractivity contribution is 7.91. The summed E-state index contributed by atoms with van der Waals surface area (Å²) >= 11 is 0. The van der Waals surface area contributed by atoms with Gasteiger partial charge in [0.15, 0.2) is 0 Å². The Labute approximate surface area is 199 Å². The van der Waals surface area contributed by atoms with Crippen molar-refractivity contribution in [1.82, 2.24) is 19.5 Å². The molecule has 0 radical (unpaired) electrons. The molecule has 5 aromatic rings. The molecule has 0 aliphatic carbocycles. The number of H-pyrrole nitrogens is 1. The van der Waals surface area contributed by atoms with E-state index in [1.54, 1.807) is 0 Å². The van der Waals surface area contributed by atoms with Crippen molar-refractivity contribution in [2.45, 2.75) is 9.79 Å². The predicted molar refractivity (Wildman–Crippen MR) is 130 cm³/mol. The molecule has 0 fully saturated rings. The van der Waals surface area contributed by atoms with Crippen molar-refractivity contribution < 1.29 is 17.9 Å². The zero-order chi connectivity index (χ0) is 24.7. The molecule has 0 bridgehead atoms. The fourth-order valence-corrected chi connectivity index (χ4v) is 5.14. The van der Waals surface area contributed by atoms with Crippen LogP contribution in [0.2, 0.25) is 0 Å². The molecule has 0 saturated heterocycles. The van der Waals surface area contributed by atoms with Crippen LogP contribution in [0.15, 0.2) is 81.6 Å². The number of sulfone groups is 1. The summed E-state index contributed by atoms with van der Waals surface area (Å²) in [5.74, 6) is -0.332. The number of anilines is 2. The summed E-state index contributed by atoms with van der Waals surface area (Å²) in [4.78, 5) is 36.0. The molecule has 11 heteroatoms. The van der Waals surface area contributed by atoms with Crippen molar-refractivity contribution in [3.63, 3.8) is 0 Å². The van der Waals surface area contributed by atoms with Crippen LogP contribution in [0.3, 0.4) is 0 Å². The lowest BCUT2D eigenvalue weighted by Gasteiger charge is -2.11. The van der Waals surface area contributed by atoms with Crippen molar-refractivity contribution in [2.24, 2.45) is 7.05 Å². The summed E-state index contributed by atoms with van der Waals surface area (Å²) in [5, 5.41) is 4.50. The molecule has 5 rings (SSSR count). The highest BCUT2D eigenvalue weighted by Gasteiger charge is 2.24. The van der Waals surface area contributed by atoms with Gasteiger partial charge in [-0.05, 0) is 54.6 Å². The first-order chi connectivity index (χ1) is 16.8. The van der Waals surface area contributed by atoms with E-state index in [9.17, 15) is 18.0 Å². The maximum Gasteiger partial charge on any atom is 0.337 e. The number of hydrogen-bond acceptors (Lipinski definition) is 8. The second-order valence-electron chi connectivity index (χ2n) is 7.77. The van der Waals surface area contributed by atoms with Crippen LogP contribution in [-0.2, 0) is 21.6 Å². The molecule has 176 valence electrons. The Morgan fingerprint density at radius 2 is 1.83 bits per heavy atom. The monoisotopic (exact) mass is 489 g/mol. The zero-order valence-electron chi connectivity index (χ0n) is 18.6. The third-order valence-electron chi connectivity index (χ3n) is 5.60. The number of esters is 1. The molecular formula is C24H19N5O5S. The van der Waals surface area contributed by atoms with Gasteiger partial charge in [0, 0.05) is 41.4 Å². The Bertz CT molecular complexity index is 1770. The van der Waals surface area contributed by atoms with Crippen LogP contribution in [0.5, 0.6) is 0 Å². The minimum Gasteiger partial charge on any atom is -0.465 e. The fourth-order valence-electron chi connectivity index (χ4n) is 3.74. The number of methoxy groups -OCH3 is 1. The molecule has 0 aliphatic rings. The van der Waals surface area contributed by atoms with Crippen LogP contribution < -0.4 is 10.9 Å². The largest absolute Gasteiger partial charge is 0.465 e. The zero-order valence-corrected chi connectivity index (χ0v) is 19.5. The van der Waals surface area contributed by atoms with E-state index in [-0.39, 0.29) is 22.1 Å². The number of fused-ring (bicyclic) bond motifs is 2. The fraction of sp³-hybridized carbons (Fsp3) is 0.0833. The molecule has 10 nitrogen and oxygen atoms in total. The van der Waals surface area contributed by atoms with Gasteiger partial charge in [0.25, 0.3) is 5.56 Å². The second-order valence-corrected chi connectivity index (χ2v) is 9.69. The molecule has 35 heavy (non-hydrogen) atoms. The normalized spacial score (nSPS) is 11.6. The molecule has 0 unspecified atom stereocenters. The van der Waals surface area contributed by atoms with Crippen molar-refractivity contribution in [3.05, 3.63) is 82.9 Å².